The van der Waals surface area contributed by atoms with Gasteiger partial charge in [-0.15, -0.1) is 0 Å². The van der Waals surface area contributed by atoms with Crippen LogP contribution in [0.25, 0.3) is 11.0 Å². The molecule has 27 heavy (non-hydrogen) atoms. The number of aromatic amines is 2. The predicted molar refractivity (Wildman–Crippen MR) is 106 cm³/mol. The van der Waals surface area contributed by atoms with Crippen molar-refractivity contribution in [1.29, 1.82) is 0 Å². The van der Waals surface area contributed by atoms with Gasteiger partial charge in [0.1, 0.15) is 5.82 Å². The number of nitrogens with one attached hydrogen (secondary N) is 3. The molecule has 0 bridgehead atoms. The number of rotatable bonds is 5. The number of carbonyl (C=O) groups excluding carboxylic acids is 1. The third-order valence-corrected chi connectivity index (χ3v) is 5.26. The number of halogens is 1. The van der Waals surface area contributed by atoms with E-state index in [0.717, 1.165) is 13.1 Å². The molecule has 0 radical (unpaired) electrons. The Balaban J connectivity index is 1.57. The van der Waals surface area contributed by atoms with Crippen molar-refractivity contribution in [3.8, 4) is 0 Å². The maximum absolute atomic E-state index is 13.9. The number of imidazole rings is 1. The fraction of sp³-hybridized carbons (Fsp3) is 0.300. The first-order valence-corrected chi connectivity index (χ1v) is 9.51. The lowest BCUT2D eigenvalue weighted by Gasteiger charge is -2.28. The Labute approximate surface area is 161 Å². The Morgan fingerprint density at radius 3 is 2.67 bits per heavy atom. The first kappa shape index (κ1) is 17.9. The van der Waals surface area contributed by atoms with Gasteiger partial charge < -0.3 is 15.3 Å². The molecule has 1 fully saturated rings. The second-order valence-corrected chi connectivity index (χ2v) is 7.24. The summed E-state index contributed by atoms with van der Waals surface area (Å²) < 4.78 is 14.3. The summed E-state index contributed by atoms with van der Waals surface area (Å²) in [5.41, 5.74) is 2.44. The molecule has 0 spiro atoms. The van der Waals surface area contributed by atoms with E-state index in [9.17, 15) is 9.18 Å². The van der Waals surface area contributed by atoms with E-state index in [0.29, 0.717) is 22.3 Å². The zero-order valence-electron chi connectivity index (χ0n) is 14.8. The minimum atomic E-state index is -0.475. The number of benzene rings is 2. The molecule has 1 aliphatic heterocycles. The number of H-pyrrole nitrogens is 2. The molecule has 1 atom stereocenters. The Morgan fingerprint density at radius 2 is 1.93 bits per heavy atom. The van der Waals surface area contributed by atoms with Crippen molar-refractivity contribution in [3.63, 3.8) is 0 Å². The monoisotopic (exact) mass is 384 g/mol. The molecule has 1 saturated heterocycles. The van der Waals surface area contributed by atoms with Gasteiger partial charge in [-0.05, 0) is 55.8 Å². The maximum Gasteiger partial charge on any atom is 0.253 e. The van der Waals surface area contributed by atoms with Gasteiger partial charge in [0.2, 0.25) is 0 Å². The number of nitrogens with zero attached hydrogens (tertiary/aromatic N) is 1. The Bertz CT molecular complexity index is 1010. The van der Waals surface area contributed by atoms with Crippen molar-refractivity contribution in [2.45, 2.75) is 18.9 Å². The number of carbonyl (C=O) groups is 1. The minimum Gasteiger partial charge on any atom is -0.350 e. The van der Waals surface area contributed by atoms with E-state index in [1.807, 2.05) is 18.2 Å². The molecule has 0 aliphatic carbocycles. The number of hydrogen-bond acceptors (Lipinski definition) is 3. The summed E-state index contributed by atoms with van der Waals surface area (Å²) in [6.07, 6.45) is 2.34. The van der Waals surface area contributed by atoms with E-state index in [-0.39, 0.29) is 17.5 Å². The quantitative estimate of drug-likeness (QED) is 0.584. The van der Waals surface area contributed by atoms with Crippen molar-refractivity contribution in [2.24, 2.45) is 0 Å². The molecule has 4 rings (SSSR count). The van der Waals surface area contributed by atoms with Gasteiger partial charge in [0.25, 0.3) is 5.91 Å². The van der Waals surface area contributed by atoms with Gasteiger partial charge in [-0.2, -0.15) is 0 Å². The second kappa shape index (κ2) is 7.62. The molecule has 1 aromatic heterocycles. The largest absolute Gasteiger partial charge is 0.350 e. The molecule has 7 heteroatoms. The number of hydrogen-bond donors (Lipinski definition) is 3. The smallest absolute Gasteiger partial charge is 0.253 e. The van der Waals surface area contributed by atoms with Crippen LogP contribution >= 0.6 is 12.2 Å². The van der Waals surface area contributed by atoms with Crippen LogP contribution in [0.5, 0.6) is 0 Å². The zero-order chi connectivity index (χ0) is 18.8. The summed E-state index contributed by atoms with van der Waals surface area (Å²) in [5.74, 6) is -0.790. The Kier molecular flexibility index (Phi) is 5.05. The van der Waals surface area contributed by atoms with Crippen LogP contribution in [0.3, 0.4) is 0 Å². The highest BCUT2D eigenvalue weighted by Gasteiger charge is 2.24. The summed E-state index contributed by atoms with van der Waals surface area (Å²) in [6, 6.07) is 12.8. The molecule has 1 amide bonds. The van der Waals surface area contributed by atoms with Gasteiger partial charge >= 0.3 is 0 Å². The van der Waals surface area contributed by atoms with Gasteiger partial charge in [-0.1, -0.05) is 30.3 Å². The van der Waals surface area contributed by atoms with E-state index >= 15 is 0 Å². The van der Waals surface area contributed by atoms with E-state index in [1.54, 1.807) is 0 Å². The van der Waals surface area contributed by atoms with Crippen LogP contribution < -0.4 is 5.32 Å². The number of aromatic nitrogens is 2. The summed E-state index contributed by atoms with van der Waals surface area (Å²) >= 11 is 5.07. The van der Waals surface area contributed by atoms with Crippen LogP contribution in [-0.2, 0) is 0 Å². The number of fused-ring (bicyclic) bond motifs is 1. The van der Waals surface area contributed by atoms with Gasteiger partial charge in [-0.25, -0.2) is 4.39 Å². The second-order valence-electron chi connectivity index (χ2n) is 6.83. The van der Waals surface area contributed by atoms with Crippen LogP contribution in [0.2, 0.25) is 0 Å². The van der Waals surface area contributed by atoms with Crippen molar-refractivity contribution >= 4 is 29.2 Å². The molecular weight excluding hydrogens is 363 g/mol. The van der Waals surface area contributed by atoms with Crippen LogP contribution in [0.4, 0.5) is 4.39 Å². The van der Waals surface area contributed by atoms with Gasteiger partial charge in [-0.3, -0.25) is 9.69 Å². The van der Waals surface area contributed by atoms with E-state index < -0.39 is 5.82 Å². The molecule has 1 aliphatic rings. The first-order valence-electron chi connectivity index (χ1n) is 9.10. The molecule has 140 valence electrons. The summed E-state index contributed by atoms with van der Waals surface area (Å²) in [5, 5.41) is 2.99. The summed E-state index contributed by atoms with van der Waals surface area (Å²) in [7, 11) is 0. The average Bonchev–Trinajstić information content (AvgIpc) is 3.31. The van der Waals surface area contributed by atoms with Gasteiger partial charge in [0.05, 0.1) is 22.6 Å². The molecular formula is C20H21FN4OS. The van der Waals surface area contributed by atoms with Crippen molar-refractivity contribution in [3.05, 3.63) is 64.2 Å². The maximum atomic E-state index is 13.9. The average molecular weight is 384 g/mol. The highest BCUT2D eigenvalue weighted by molar-refractivity contribution is 7.71. The van der Waals surface area contributed by atoms with Crippen LogP contribution in [-0.4, -0.2) is 40.4 Å². The van der Waals surface area contributed by atoms with E-state index in [2.05, 4.69) is 32.3 Å². The first-order chi connectivity index (χ1) is 13.1. The fourth-order valence-corrected chi connectivity index (χ4v) is 3.97. The third kappa shape index (κ3) is 3.79. The lowest BCUT2D eigenvalue weighted by molar-refractivity contribution is 0.0939. The fourth-order valence-electron chi connectivity index (χ4n) is 3.76. The van der Waals surface area contributed by atoms with Crippen molar-refractivity contribution < 1.29 is 9.18 Å². The van der Waals surface area contributed by atoms with Crippen LogP contribution in [0.15, 0.2) is 42.5 Å². The van der Waals surface area contributed by atoms with E-state index in [1.165, 1.54) is 30.5 Å². The molecule has 1 unspecified atom stereocenters. The molecule has 2 heterocycles. The molecule has 0 saturated carbocycles. The number of likely N-dealkylation sites (tertiary alicyclic amines) is 1. The highest BCUT2D eigenvalue weighted by Crippen LogP contribution is 2.25. The minimum absolute atomic E-state index is 0.103. The number of amides is 1. The third-order valence-electron chi connectivity index (χ3n) is 5.06. The lowest BCUT2D eigenvalue weighted by atomic mass is 10.1. The summed E-state index contributed by atoms with van der Waals surface area (Å²) in [6.45, 7) is 2.50. The summed E-state index contributed by atoms with van der Waals surface area (Å²) in [4.78, 5) is 21.0. The zero-order valence-corrected chi connectivity index (χ0v) is 15.6. The normalized spacial score (nSPS) is 15.9. The highest BCUT2D eigenvalue weighted by atomic mass is 32.1. The van der Waals surface area contributed by atoms with Crippen LogP contribution in [0, 0.1) is 10.6 Å². The molecule has 5 nitrogen and oxygen atoms in total. The van der Waals surface area contributed by atoms with Crippen LogP contribution in [0.1, 0.15) is 34.8 Å². The predicted octanol–water partition coefficient (Wildman–Crippen LogP) is 3.93. The van der Waals surface area contributed by atoms with Gasteiger partial charge in [0, 0.05) is 6.54 Å². The SMILES string of the molecule is O=C(NCC(c1ccccc1)N1CCCC1)c1cc(F)cc2[nH]c(=S)[nH]c12. The Hall–Kier alpha value is -2.51. The van der Waals surface area contributed by atoms with Gasteiger partial charge in [0.15, 0.2) is 4.77 Å². The molecule has 3 N–H and O–H groups in total. The Morgan fingerprint density at radius 1 is 1.19 bits per heavy atom. The molecule has 3 aromatic rings. The molecule has 2 aromatic carbocycles. The van der Waals surface area contributed by atoms with Crippen molar-refractivity contribution in [1.82, 2.24) is 20.2 Å². The topological polar surface area (TPSA) is 63.9 Å². The standard InChI is InChI=1S/C20H21FN4OS/c21-14-10-15(18-16(11-14)23-20(27)24-18)19(26)22-12-17(25-8-4-5-9-25)13-6-2-1-3-7-13/h1-3,6-7,10-11,17H,4-5,8-9,12H2,(H,22,26)(H2,23,24,27). The van der Waals surface area contributed by atoms with E-state index in [4.69, 9.17) is 12.2 Å². The lowest BCUT2D eigenvalue weighted by Crippen LogP contribution is -2.36. The van der Waals surface area contributed by atoms with Crippen molar-refractivity contribution in [2.75, 3.05) is 19.6 Å².